The zero-order chi connectivity index (χ0) is 11.9. The number of hydrogen-bond donors (Lipinski definition) is 1. The van der Waals surface area contributed by atoms with Crippen LogP contribution in [0, 0.1) is 5.92 Å². The normalized spacial score (nSPS) is 23.4. The van der Waals surface area contributed by atoms with Crippen LogP contribution >= 0.6 is 15.9 Å². The van der Waals surface area contributed by atoms with Crippen molar-refractivity contribution in [2.24, 2.45) is 5.92 Å². The van der Waals surface area contributed by atoms with Crippen LogP contribution in [-0.2, 0) is 10.2 Å². The number of rotatable bonds is 2. The van der Waals surface area contributed by atoms with E-state index in [4.69, 9.17) is 0 Å². The van der Waals surface area contributed by atoms with E-state index in [-0.39, 0.29) is 11.3 Å². The quantitative estimate of drug-likeness (QED) is 0.880. The Balaban J connectivity index is 2.65. The number of hydrogen-bond acceptors (Lipinski definition) is 1. The summed E-state index contributed by atoms with van der Waals surface area (Å²) in [5.41, 5.74) is 1.73. The summed E-state index contributed by atoms with van der Waals surface area (Å²) in [5, 5.41) is 2.99. The van der Waals surface area contributed by atoms with Gasteiger partial charge in [0.05, 0.1) is 5.41 Å². The number of fused-ring (bicyclic) bond motifs is 1. The Morgan fingerprint density at radius 1 is 1.44 bits per heavy atom. The van der Waals surface area contributed by atoms with Gasteiger partial charge >= 0.3 is 0 Å². The van der Waals surface area contributed by atoms with Crippen molar-refractivity contribution in [3.8, 4) is 0 Å². The van der Waals surface area contributed by atoms with Crippen LogP contribution in [0.1, 0.15) is 32.8 Å². The molecule has 1 aliphatic rings. The second-order valence-electron chi connectivity index (χ2n) is 4.62. The second-order valence-corrected chi connectivity index (χ2v) is 5.54. The fraction of sp³-hybridized carbons (Fsp3) is 0.462. The summed E-state index contributed by atoms with van der Waals surface area (Å²) in [6.07, 6.45) is 0.833. The average Bonchev–Trinajstić information content (AvgIpc) is 2.50. The number of benzene rings is 1. The van der Waals surface area contributed by atoms with Gasteiger partial charge in [-0.2, -0.15) is 0 Å². The van der Waals surface area contributed by atoms with Gasteiger partial charge in [0, 0.05) is 10.2 Å². The minimum Gasteiger partial charge on any atom is -0.325 e. The highest BCUT2D eigenvalue weighted by molar-refractivity contribution is 9.10. The highest BCUT2D eigenvalue weighted by atomic mass is 79.9. The van der Waals surface area contributed by atoms with Crippen molar-refractivity contribution in [2.45, 2.75) is 32.6 Å². The summed E-state index contributed by atoms with van der Waals surface area (Å²) in [7, 11) is 0. The molecule has 1 amide bonds. The third-order valence-electron chi connectivity index (χ3n) is 3.66. The molecule has 1 unspecified atom stereocenters. The van der Waals surface area contributed by atoms with E-state index >= 15 is 0 Å². The summed E-state index contributed by atoms with van der Waals surface area (Å²) >= 11 is 3.48. The Bertz CT molecular complexity index is 442. The topological polar surface area (TPSA) is 29.1 Å². The molecule has 0 radical (unpaired) electrons. The molecule has 1 heterocycles. The molecular weight excluding hydrogens is 266 g/mol. The van der Waals surface area contributed by atoms with Crippen molar-refractivity contribution in [3.05, 3.63) is 28.2 Å². The van der Waals surface area contributed by atoms with E-state index in [1.165, 1.54) is 0 Å². The summed E-state index contributed by atoms with van der Waals surface area (Å²) in [5.74, 6) is 0.436. The first kappa shape index (κ1) is 11.6. The van der Waals surface area contributed by atoms with E-state index in [2.05, 4.69) is 48.1 Å². The monoisotopic (exact) mass is 281 g/mol. The van der Waals surface area contributed by atoms with Crippen LogP contribution in [0.2, 0.25) is 0 Å². The van der Waals surface area contributed by atoms with Crippen LogP contribution in [0.15, 0.2) is 22.7 Å². The zero-order valence-corrected chi connectivity index (χ0v) is 11.4. The number of carbonyl (C=O) groups is 1. The van der Waals surface area contributed by atoms with Gasteiger partial charge in [0.15, 0.2) is 0 Å². The first-order valence-electron chi connectivity index (χ1n) is 5.64. The molecule has 16 heavy (non-hydrogen) atoms. The van der Waals surface area contributed by atoms with Crippen LogP contribution in [0.25, 0.3) is 0 Å². The molecule has 0 aliphatic carbocycles. The Hall–Kier alpha value is -0.830. The molecular formula is C13H16BrNO. The Morgan fingerprint density at radius 2 is 2.12 bits per heavy atom. The lowest BCUT2D eigenvalue weighted by Gasteiger charge is -2.30. The third kappa shape index (κ3) is 1.41. The molecule has 3 heteroatoms. The third-order valence-corrected chi connectivity index (χ3v) is 4.15. The molecule has 0 aromatic heterocycles. The van der Waals surface area contributed by atoms with Crippen molar-refractivity contribution >= 4 is 27.5 Å². The van der Waals surface area contributed by atoms with Crippen molar-refractivity contribution < 1.29 is 4.79 Å². The van der Waals surface area contributed by atoms with Crippen molar-refractivity contribution in [1.29, 1.82) is 0 Å². The standard InChI is InChI=1S/C13H16BrNO/c1-4-13(8(2)3)10-7-9(14)5-6-11(10)15-12(13)16/h5-8H,4H2,1-3H3,(H,15,16). The van der Waals surface area contributed by atoms with Crippen LogP contribution in [0.4, 0.5) is 5.69 Å². The number of carbonyl (C=O) groups excluding carboxylic acids is 1. The van der Waals surface area contributed by atoms with Crippen molar-refractivity contribution in [1.82, 2.24) is 0 Å². The van der Waals surface area contributed by atoms with Gasteiger partial charge in [-0.3, -0.25) is 4.79 Å². The van der Waals surface area contributed by atoms with Gasteiger partial charge in [-0.25, -0.2) is 0 Å². The van der Waals surface area contributed by atoms with E-state index in [0.29, 0.717) is 5.92 Å². The second kappa shape index (κ2) is 3.88. The molecule has 0 spiro atoms. The summed E-state index contributed by atoms with van der Waals surface area (Å²) in [6, 6.07) is 6.00. The lowest BCUT2D eigenvalue weighted by Crippen LogP contribution is -2.38. The van der Waals surface area contributed by atoms with E-state index < -0.39 is 0 Å². The number of halogens is 1. The van der Waals surface area contributed by atoms with E-state index in [1.807, 2.05) is 12.1 Å². The summed E-state index contributed by atoms with van der Waals surface area (Å²) in [6.45, 7) is 6.30. The van der Waals surface area contributed by atoms with E-state index in [9.17, 15) is 4.79 Å². The summed E-state index contributed by atoms with van der Waals surface area (Å²) in [4.78, 5) is 12.2. The maximum atomic E-state index is 12.2. The Morgan fingerprint density at radius 3 is 2.69 bits per heavy atom. The molecule has 0 saturated heterocycles. The predicted octanol–water partition coefficient (Wildman–Crippen LogP) is 3.71. The molecule has 1 aromatic rings. The van der Waals surface area contributed by atoms with Gasteiger partial charge < -0.3 is 5.32 Å². The van der Waals surface area contributed by atoms with Gasteiger partial charge in [0.2, 0.25) is 5.91 Å². The molecule has 1 aromatic carbocycles. The Kier molecular flexibility index (Phi) is 2.82. The van der Waals surface area contributed by atoms with E-state index in [0.717, 1.165) is 22.1 Å². The predicted molar refractivity (Wildman–Crippen MR) is 69.6 cm³/mol. The zero-order valence-electron chi connectivity index (χ0n) is 9.80. The highest BCUT2D eigenvalue weighted by Gasteiger charge is 2.47. The first-order valence-corrected chi connectivity index (χ1v) is 6.43. The molecule has 86 valence electrons. The largest absolute Gasteiger partial charge is 0.325 e. The minimum atomic E-state index is -0.362. The molecule has 2 rings (SSSR count). The molecule has 1 atom stereocenters. The fourth-order valence-corrected chi connectivity index (χ4v) is 3.04. The lowest BCUT2D eigenvalue weighted by molar-refractivity contribution is -0.122. The van der Waals surface area contributed by atoms with Gasteiger partial charge in [0.25, 0.3) is 0 Å². The van der Waals surface area contributed by atoms with Crippen molar-refractivity contribution in [2.75, 3.05) is 5.32 Å². The van der Waals surface area contributed by atoms with Crippen LogP contribution in [0.5, 0.6) is 0 Å². The molecule has 0 bridgehead atoms. The molecule has 0 fully saturated rings. The van der Waals surface area contributed by atoms with Crippen LogP contribution < -0.4 is 5.32 Å². The molecule has 1 aliphatic heterocycles. The number of amides is 1. The summed E-state index contributed by atoms with van der Waals surface area (Å²) < 4.78 is 1.03. The molecule has 1 N–H and O–H groups in total. The SMILES string of the molecule is CCC1(C(C)C)C(=O)Nc2ccc(Br)cc21. The first-order chi connectivity index (χ1) is 7.52. The maximum Gasteiger partial charge on any atom is 0.235 e. The molecule has 0 saturated carbocycles. The van der Waals surface area contributed by atoms with Crippen LogP contribution in [0.3, 0.4) is 0 Å². The highest BCUT2D eigenvalue weighted by Crippen LogP contribution is 2.46. The van der Waals surface area contributed by atoms with E-state index in [1.54, 1.807) is 0 Å². The van der Waals surface area contributed by atoms with Crippen molar-refractivity contribution in [3.63, 3.8) is 0 Å². The average molecular weight is 282 g/mol. The van der Waals surface area contributed by atoms with Gasteiger partial charge in [-0.1, -0.05) is 36.7 Å². The number of anilines is 1. The fourth-order valence-electron chi connectivity index (χ4n) is 2.68. The van der Waals surface area contributed by atoms with Crippen LogP contribution in [-0.4, -0.2) is 5.91 Å². The molecule has 2 nitrogen and oxygen atoms in total. The maximum absolute atomic E-state index is 12.2. The minimum absolute atomic E-state index is 0.137. The van der Waals surface area contributed by atoms with Gasteiger partial charge in [0.1, 0.15) is 0 Å². The Labute approximate surface area is 105 Å². The lowest BCUT2D eigenvalue weighted by atomic mass is 9.71. The van der Waals surface area contributed by atoms with Gasteiger partial charge in [-0.05, 0) is 36.1 Å². The smallest absolute Gasteiger partial charge is 0.235 e. The van der Waals surface area contributed by atoms with Gasteiger partial charge in [-0.15, -0.1) is 0 Å². The number of nitrogens with one attached hydrogen (secondary N) is 1.